The Kier molecular flexibility index (Phi) is 5.85. The van der Waals surface area contributed by atoms with Crippen LogP contribution >= 0.6 is 0 Å². The molecule has 0 amide bonds. The molecule has 136 valence electrons. The van der Waals surface area contributed by atoms with Gasteiger partial charge in [-0.1, -0.05) is 12.1 Å². The molecule has 0 N–H and O–H groups in total. The first-order valence-corrected chi connectivity index (χ1v) is 9.08. The van der Waals surface area contributed by atoms with Crippen molar-refractivity contribution in [2.75, 3.05) is 18.5 Å². The van der Waals surface area contributed by atoms with Crippen LogP contribution < -0.4 is 9.04 Å². The highest BCUT2D eigenvalue weighted by Crippen LogP contribution is 2.30. The topological polar surface area (TPSA) is 96.7 Å². The molecule has 0 spiro atoms. The van der Waals surface area contributed by atoms with E-state index in [0.717, 1.165) is 4.31 Å². The minimum atomic E-state index is -3.85. The molecule has 0 aromatic heterocycles. The zero-order chi connectivity index (χ0) is 19.3. The van der Waals surface area contributed by atoms with Gasteiger partial charge < -0.3 is 9.47 Å². The molecule has 1 atom stereocenters. The van der Waals surface area contributed by atoms with Crippen LogP contribution in [0.1, 0.15) is 17.3 Å². The number of rotatable bonds is 6. The summed E-state index contributed by atoms with van der Waals surface area (Å²) in [6.45, 7) is 1.44. The first-order valence-electron chi connectivity index (χ1n) is 7.64. The maximum absolute atomic E-state index is 12.8. The van der Waals surface area contributed by atoms with E-state index in [1.54, 1.807) is 30.3 Å². The van der Waals surface area contributed by atoms with E-state index in [2.05, 4.69) is 0 Å². The van der Waals surface area contributed by atoms with E-state index in [1.165, 1.54) is 45.3 Å². The molecule has 2 aromatic carbocycles. The van der Waals surface area contributed by atoms with Gasteiger partial charge in [0.1, 0.15) is 11.8 Å². The highest BCUT2D eigenvalue weighted by molar-refractivity contribution is 7.92. The monoisotopic (exact) mass is 374 g/mol. The van der Waals surface area contributed by atoms with Crippen LogP contribution in [0.2, 0.25) is 0 Å². The standard InChI is InChI=1S/C18H18N2O5S/c1-13(12-19)25-18(21)14-8-10-15(11-9-14)26(22,23)20(2)16-6-4-5-7-17(16)24-3/h4-11,13H,1-3H3/t13-/m0/s1. The van der Waals surface area contributed by atoms with Gasteiger partial charge >= 0.3 is 5.97 Å². The fourth-order valence-electron chi connectivity index (χ4n) is 2.20. The Morgan fingerprint density at radius 1 is 1.15 bits per heavy atom. The maximum Gasteiger partial charge on any atom is 0.339 e. The molecule has 26 heavy (non-hydrogen) atoms. The average molecular weight is 374 g/mol. The predicted molar refractivity (Wildman–Crippen MR) is 95.5 cm³/mol. The molecule has 0 radical (unpaired) electrons. The van der Waals surface area contributed by atoms with Gasteiger partial charge in [0.25, 0.3) is 10.0 Å². The van der Waals surface area contributed by atoms with Gasteiger partial charge in [-0.05, 0) is 43.3 Å². The molecular formula is C18H18N2O5S. The molecule has 2 aromatic rings. The number of carbonyl (C=O) groups excluding carboxylic acids is 1. The third-order valence-electron chi connectivity index (χ3n) is 3.64. The molecule has 0 aliphatic heterocycles. The van der Waals surface area contributed by atoms with Crippen molar-refractivity contribution in [3.8, 4) is 11.8 Å². The zero-order valence-corrected chi connectivity index (χ0v) is 15.4. The SMILES string of the molecule is COc1ccccc1N(C)S(=O)(=O)c1ccc(C(=O)O[C@@H](C)C#N)cc1. The molecule has 8 heteroatoms. The minimum Gasteiger partial charge on any atom is -0.495 e. The summed E-state index contributed by atoms with van der Waals surface area (Å²) >= 11 is 0. The fourth-order valence-corrected chi connectivity index (χ4v) is 3.40. The highest BCUT2D eigenvalue weighted by Gasteiger charge is 2.24. The van der Waals surface area contributed by atoms with Gasteiger partial charge in [0.2, 0.25) is 0 Å². The van der Waals surface area contributed by atoms with Crippen molar-refractivity contribution < 1.29 is 22.7 Å². The lowest BCUT2D eigenvalue weighted by atomic mass is 10.2. The lowest BCUT2D eigenvalue weighted by Crippen LogP contribution is -2.27. The molecule has 0 bridgehead atoms. The highest BCUT2D eigenvalue weighted by atomic mass is 32.2. The predicted octanol–water partition coefficient (Wildman–Crippen LogP) is 2.59. The van der Waals surface area contributed by atoms with Crippen LogP contribution in [0.3, 0.4) is 0 Å². The molecule has 0 heterocycles. The van der Waals surface area contributed by atoms with Crippen molar-refractivity contribution in [3.63, 3.8) is 0 Å². The number of methoxy groups -OCH3 is 1. The second-order valence-electron chi connectivity index (χ2n) is 5.35. The molecule has 7 nitrogen and oxygen atoms in total. The van der Waals surface area contributed by atoms with Crippen molar-refractivity contribution >= 4 is 21.7 Å². The number of ether oxygens (including phenoxy) is 2. The number of hydrogen-bond acceptors (Lipinski definition) is 6. The van der Waals surface area contributed by atoms with Gasteiger partial charge in [-0.3, -0.25) is 4.31 Å². The molecule has 0 saturated carbocycles. The number of esters is 1. The first-order chi connectivity index (χ1) is 12.3. The Bertz CT molecular complexity index is 933. The number of nitriles is 1. The summed E-state index contributed by atoms with van der Waals surface area (Å²) in [6.07, 6.45) is -0.886. The number of hydrogen-bond donors (Lipinski definition) is 0. The first kappa shape index (κ1) is 19.3. The van der Waals surface area contributed by atoms with Crippen molar-refractivity contribution in [1.82, 2.24) is 0 Å². The summed E-state index contributed by atoms with van der Waals surface area (Å²) in [7, 11) is -0.965. The lowest BCUT2D eigenvalue weighted by molar-refractivity contribution is 0.0435. The summed E-state index contributed by atoms with van der Waals surface area (Å²) in [6, 6.07) is 13.8. The summed E-state index contributed by atoms with van der Waals surface area (Å²) in [5.41, 5.74) is 0.548. The van der Waals surface area contributed by atoms with Gasteiger partial charge in [-0.25, -0.2) is 13.2 Å². The van der Waals surface area contributed by atoms with Crippen LogP contribution in [0.15, 0.2) is 53.4 Å². The summed E-state index contributed by atoms with van der Waals surface area (Å²) in [4.78, 5) is 11.9. The van der Waals surface area contributed by atoms with E-state index in [9.17, 15) is 13.2 Å². The van der Waals surface area contributed by atoms with Crippen LogP contribution in [-0.2, 0) is 14.8 Å². The summed E-state index contributed by atoms with van der Waals surface area (Å²) in [5, 5.41) is 8.67. The lowest BCUT2D eigenvalue weighted by Gasteiger charge is -2.21. The van der Waals surface area contributed by atoms with E-state index in [1.807, 2.05) is 0 Å². The quantitative estimate of drug-likeness (QED) is 0.721. The van der Waals surface area contributed by atoms with Crippen LogP contribution in [0, 0.1) is 11.3 Å². The normalized spacial score (nSPS) is 11.9. The van der Waals surface area contributed by atoms with Gasteiger partial charge in [-0.15, -0.1) is 0 Å². The Balaban J connectivity index is 2.29. The second-order valence-corrected chi connectivity index (χ2v) is 7.31. The Morgan fingerprint density at radius 3 is 2.35 bits per heavy atom. The minimum absolute atomic E-state index is 0.00999. The number of anilines is 1. The molecule has 0 saturated heterocycles. The Labute approximate surface area is 152 Å². The molecule has 0 aliphatic carbocycles. The molecule has 2 rings (SSSR count). The van der Waals surface area contributed by atoms with Crippen molar-refractivity contribution in [3.05, 3.63) is 54.1 Å². The van der Waals surface area contributed by atoms with Crippen LogP contribution in [0.25, 0.3) is 0 Å². The molecular weight excluding hydrogens is 356 g/mol. The Morgan fingerprint density at radius 2 is 1.77 bits per heavy atom. The van der Waals surface area contributed by atoms with E-state index < -0.39 is 22.1 Å². The van der Waals surface area contributed by atoms with Crippen molar-refractivity contribution in [2.24, 2.45) is 0 Å². The van der Waals surface area contributed by atoms with E-state index in [-0.39, 0.29) is 10.5 Å². The Hall–Kier alpha value is -3.05. The summed E-state index contributed by atoms with van der Waals surface area (Å²) < 4.78 is 36.8. The van der Waals surface area contributed by atoms with Crippen molar-refractivity contribution in [2.45, 2.75) is 17.9 Å². The van der Waals surface area contributed by atoms with Crippen LogP contribution in [-0.4, -0.2) is 34.6 Å². The third kappa shape index (κ3) is 3.95. The molecule has 0 unspecified atom stereocenters. The molecule has 0 aliphatic rings. The van der Waals surface area contributed by atoms with Gasteiger partial charge in [0.15, 0.2) is 6.10 Å². The number of sulfonamides is 1. The number of nitrogens with zero attached hydrogens (tertiary/aromatic N) is 2. The largest absolute Gasteiger partial charge is 0.495 e. The van der Waals surface area contributed by atoms with Gasteiger partial charge in [0.05, 0.1) is 23.3 Å². The van der Waals surface area contributed by atoms with Crippen LogP contribution in [0.4, 0.5) is 5.69 Å². The fraction of sp³-hybridized carbons (Fsp3) is 0.222. The summed E-state index contributed by atoms with van der Waals surface area (Å²) in [5.74, 6) is -0.273. The van der Waals surface area contributed by atoms with Crippen molar-refractivity contribution in [1.29, 1.82) is 5.26 Å². The number of carbonyl (C=O) groups is 1. The van der Waals surface area contributed by atoms with E-state index >= 15 is 0 Å². The average Bonchev–Trinajstić information content (AvgIpc) is 2.67. The van der Waals surface area contributed by atoms with Gasteiger partial charge in [-0.2, -0.15) is 5.26 Å². The third-order valence-corrected chi connectivity index (χ3v) is 5.42. The number of benzene rings is 2. The zero-order valence-electron chi connectivity index (χ0n) is 14.5. The molecule has 0 fully saturated rings. The van der Waals surface area contributed by atoms with E-state index in [0.29, 0.717) is 11.4 Å². The van der Waals surface area contributed by atoms with E-state index in [4.69, 9.17) is 14.7 Å². The van der Waals surface area contributed by atoms with Gasteiger partial charge in [0, 0.05) is 7.05 Å². The smallest absolute Gasteiger partial charge is 0.339 e. The van der Waals surface area contributed by atoms with Crippen LogP contribution in [0.5, 0.6) is 5.75 Å². The maximum atomic E-state index is 12.8. The second kappa shape index (κ2) is 7.89. The number of para-hydroxylation sites is 2.